The molecule has 0 saturated carbocycles. The molecule has 0 saturated heterocycles. The molecule has 19 heavy (non-hydrogen) atoms. The highest BCUT2D eigenvalue weighted by molar-refractivity contribution is 9.10. The first-order valence-electron chi connectivity index (χ1n) is 5.44. The van der Waals surface area contributed by atoms with Crippen LogP contribution in [0.15, 0.2) is 40.9 Å². The van der Waals surface area contributed by atoms with Crippen LogP contribution >= 0.6 is 15.9 Å². The largest absolute Gasteiger partial charge is 0.507 e. The van der Waals surface area contributed by atoms with Gasteiger partial charge in [0.1, 0.15) is 21.7 Å². The number of rotatable bonds is 3. The lowest BCUT2D eigenvalue weighted by molar-refractivity contribution is 0.103. The zero-order valence-electron chi connectivity index (χ0n) is 10.1. The SMILES string of the molecule is COc1ccc(C(=O)c2ccccc2O)c(O)c1Br. The second-order valence-corrected chi connectivity index (χ2v) is 4.62. The molecule has 0 heterocycles. The van der Waals surface area contributed by atoms with Crippen LogP contribution in [0.2, 0.25) is 0 Å². The summed E-state index contributed by atoms with van der Waals surface area (Å²) in [5.41, 5.74) is 0.226. The Bertz CT molecular complexity index is 637. The molecule has 0 aromatic heterocycles. The number of aromatic hydroxyl groups is 2. The van der Waals surface area contributed by atoms with Crippen LogP contribution in [0.4, 0.5) is 0 Å². The number of carbonyl (C=O) groups excluding carboxylic acids is 1. The number of phenolic OH excluding ortho intramolecular Hbond substituents is 2. The van der Waals surface area contributed by atoms with Crippen molar-refractivity contribution in [2.45, 2.75) is 0 Å². The van der Waals surface area contributed by atoms with Gasteiger partial charge in [0.2, 0.25) is 5.78 Å². The molecule has 2 aromatic rings. The predicted molar refractivity (Wildman–Crippen MR) is 73.9 cm³/mol. The summed E-state index contributed by atoms with van der Waals surface area (Å²) in [6, 6.07) is 9.20. The van der Waals surface area contributed by atoms with Gasteiger partial charge in [0.05, 0.1) is 18.2 Å². The summed E-state index contributed by atoms with van der Waals surface area (Å²) in [4.78, 5) is 12.3. The van der Waals surface area contributed by atoms with Crippen LogP contribution in [0.1, 0.15) is 15.9 Å². The quantitative estimate of drug-likeness (QED) is 0.852. The van der Waals surface area contributed by atoms with E-state index in [9.17, 15) is 15.0 Å². The molecule has 0 aliphatic rings. The summed E-state index contributed by atoms with van der Waals surface area (Å²) in [5, 5.41) is 19.7. The lowest BCUT2D eigenvalue weighted by atomic mass is 10.0. The average Bonchev–Trinajstić information content (AvgIpc) is 2.41. The van der Waals surface area contributed by atoms with Gasteiger partial charge in [0.15, 0.2) is 0 Å². The molecular formula is C14H11BrO4. The van der Waals surface area contributed by atoms with Gasteiger partial charge in [-0.05, 0) is 40.2 Å². The molecule has 2 rings (SSSR count). The van der Waals surface area contributed by atoms with Crippen LogP contribution in [0, 0.1) is 0 Å². The van der Waals surface area contributed by atoms with Gasteiger partial charge in [-0.25, -0.2) is 0 Å². The van der Waals surface area contributed by atoms with E-state index in [1.807, 2.05) is 0 Å². The second kappa shape index (κ2) is 5.32. The standard InChI is InChI=1S/C14H11BrO4/c1-19-11-7-6-9(14(18)12(11)15)13(17)8-4-2-3-5-10(8)16/h2-7,16,18H,1H3. The number of methoxy groups -OCH3 is 1. The number of phenols is 2. The minimum absolute atomic E-state index is 0.0918. The molecule has 0 bridgehead atoms. The Labute approximate surface area is 118 Å². The highest BCUT2D eigenvalue weighted by Crippen LogP contribution is 2.37. The Morgan fingerprint density at radius 2 is 1.79 bits per heavy atom. The summed E-state index contributed by atoms with van der Waals surface area (Å²) in [6.07, 6.45) is 0. The van der Waals surface area contributed by atoms with Crippen LogP contribution in [0.25, 0.3) is 0 Å². The number of hydrogen-bond donors (Lipinski definition) is 2. The lowest BCUT2D eigenvalue weighted by Gasteiger charge is -2.10. The van der Waals surface area contributed by atoms with Gasteiger partial charge in [0.25, 0.3) is 0 Å². The van der Waals surface area contributed by atoms with Crippen molar-refractivity contribution in [3.05, 3.63) is 52.0 Å². The highest BCUT2D eigenvalue weighted by atomic mass is 79.9. The van der Waals surface area contributed by atoms with E-state index in [2.05, 4.69) is 15.9 Å². The number of para-hydroxylation sites is 1. The van der Waals surface area contributed by atoms with E-state index in [1.165, 1.54) is 25.3 Å². The maximum absolute atomic E-state index is 12.3. The van der Waals surface area contributed by atoms with Crippen molar-refractivity contribution in [3.8, 4) is 17.2 Å². The number of hydrogen-bond acceptors (Lipinski definition) is 4. The smallest absolute Gasteiger partial charge is 0.200 e. The third-order valence-corrected chi connectivity index (χ3v) is 3.46. The predicted octanol–water partition coefficient (Wildman–Crippen LogP) is 3.10. The first-order chi connectivity index (χ1) is 9.06. The summed E-state index contributed by atoms with van der Waals surface area (Å²) >= 11 is 3.16. The van der Waals surface area contributed by atoms with Crippen molar-refractivity contribution in [1.29, 1.82) is 0 Å². The van der Waals surface area contributed by atoms with Crippen LogP contribution < -0.4 is 4.74 Å². The minimum Gasteiger partial charge on any atom is -0.507 e. The molecule has 4 nitrogen and oxygen atoms in total. The molecule has 0 unspecified atom stereocenters. The lowest BCUT2D eigenvalue weighted by Crippen LogP contribution is -2.02. The molecular weight excluding hydrogens is 312 g/mol. The Balaban J connectivity index is 2.52. The van der Waals surface area contributed by atoms with Crippen LogP contribution in [0.5, 0.6) is 17.2 Å². The maximum atomic E-state index is 12.3. The zero-order chi connectivity index (χ0) is 14.0. The molecule has 0 radical (unpaired) electrons. The molecule has 0 aliphatic carbocycles. The van der Waals surface area contributed by atoms with Crippen molar-refractivity contribution >= 4 is 21.7 Å². The number of benzene rings is 2. The normalized spacial score (nSPS) is 10.2. The molecule has 0 atom stereocenters. The average molecular weight is 323 g/mol. The molecule has 0 aliphatic heterocycles. The van der Waals surface area contributed by atoms with Gasteiger partial charge >= 0.3 is 0 Å². The second-order valence-electron chi connectivity index (χ2n) is 3.82. The molecule has 0 amide bonds. The number of carbonyl (C=O) groups is 1. The van der Waals surface area contributed by atoms with E-state index >= 15 is 0 Å². The molecule has 0 fully saturated rings. The van der Waals surface area contributed by atoms with E-state index in [-0.39, 0.29) is 22.6 Å². The Hall–Kier alpha value is -2.01. The number of ketones is 1. The third kappa shape index (κ3) is 2.42. The van der Waals surface area contributed by atoms with Crippen molar-refractivity contribution in [2.24, 2.45) is 0 Å². The monoisotopic (exact) mass is 322 g/mol. The Morgan fingerprint density at radius 1 is 1.11 bits per heavy atom. The fraction of sp³-hybridized carbons (Fsp3) is 0.0714. The van der Waals surface area contributed by atoms with Gasteiger partial charge in [-0.2, -0.15) is 0 Å². The third-order valence-electron chi connectivity index (χ3n) is 2.69. The zero-order valence-corrected chi connectivity index (χ0v) is 11.6. The van der Waals surface area contributed by atoms with Crippen LogP contribution in [0.3, 0.4) is 0 Å². The van der Waals surface area contributed by atoms with Gasteiger partial charge in [-0.3, -0.25) is 4.79 Å². The van der Waals surface area contributed by atoms with Gasteiger partial charge in [-0.1, -0.05) is 12.1 Å². The molecule has 5 heteroatoms. The molecule has 0 spiro atoms. The van der Waals surface area contributed by atoms with Crippen molar-refractivity contribution in [2.75, 3.05) is 7.11 Å². The van der Waals surface area contributed by atoms with E-state index in [1.54, 1.807) is 18.2 Å². The highest BCUT2D eigenvalue weighted by Gasteiger charge is 2.20. The fourth-order valence-corrected chi connectivity index (χ4v) is 2.21. The summed E-state index contributed by atoms with van der Waals surface area (Å²) in [5.74, 6) is -0.378. The van der Waals surface area contributed by atoms with Gasteiger partial charge < -0.3 is 14.9 Å². The Morgan fingerprint density at radius 3 is 2.42 bits per heavy atom. The van der Waals surface area contributed by atoms with Crippen LogP contribution in [-0.2, 0) is 0 Å². The maximum Gasteiger partial charge on any atom is 0.200 e. The van der Waals surface area contributed by atoms with Crippen LogP contribution in [-0.4, -0.2) is 23.1 Å². The topological polar surface area (TPSA) is 66.8 Å². The van der Waals surface area contributed by atoms with Crippen molar-refractivity contribution in [1.82, 2.24) is 0 Å². The first kappa shape index (κ1) is 13.4. The summed E-state index contributed by atoms with van der Waals surface area (Å²) < 4.78 is 5.32. The molecule has 98 valence electrons. The number of halogens is 1. The van der Waals surface area contributed by atoms with Crippen molar-refractivity contribution < 1.29 is 19.7 Å². The summed E-state index contributed by atoms with van der Waals surface area (Å²) in [6.45, 7) is 0. The number of ether oxygens (including phenoxy) is 1. The summed E-state index contributed by atoms with van der Waals surface area (Å²) in [7, 11) is 1.46. The Kier molecular flexibility index (Phi) is 3.76. The molecule has 2 N–H and O–H groups in total. The first-order valence-corrected chi connectivity index (χ1v) is 6.23. The van der Waals surface area contributed by atoms with E-state index < -0.39 is 5.78 Å². The molecule has 2 aromatic carbocycles. The van der Waals surface area contributed by atoms with E-state index in [0.717, 1.165) is 0 Å². The van der Waals surface area contributed by atoms with E-state index in [0.29, 0.717) is 10.2 Å². The van der Waals surface area contributed by atoms with Crippen molar-refractivity contribution in [3.63, 3.8) is 0 Å². The fourth-order valence-electron chi connectivity index (χ4n) is 1.70. The van der Waals surface area contributed by atoms with Gasteiger partial charge in [-0.15, -0.1) is 0 Å². The van der Waals surface area contributed by atoms with Gasteiger partial charge in [0, 0.05) is 0 Å². The van der Waals surface area contributed by atoms with E-state index in [4.69, 9.17) is 4.74 Å². The minimum atomic E-state index is -0.459.